The average Bonchev–Trinajstić information content (AvgIpc) is 2.96. The second kappa shape index (κ2) is 6.48. The lowest BCUT2D eigenvalue weighted by Gasteiger charge is -2.30. The van der Waals surface area contributed by atoms with Crippen molar-refractivity contribution in [3.05, 3.63) is 30.0 Å². The van der Waals surface area contributed by atoms with E-state index in [4.69, 9.17) is 0 Å². The van der Waals surface area contributed by atoms with E-state index in [2.05, 4.69) is 34.5 Å². The Balaban J connectivity index is 1.56. The van der Waals surface area contributed by atoms with Crippen molar-refractivity contribution < 1.29 is 4.79 Å². The minimum absolute atomic E-state index is 0.0270. The molecule has 2 N–H and O–H groups in total. The number of nitrogens with one attached hydrogen (secondary N) is 2. The summed E-state index contributed by atoms with van der Waals surface area (Å²) in [6.45, 7) is 1.15. The molecule has 5 nitrogen and oxygen atoms in total. The Morgan fingerprint density at radius 2 is 2.09 bits per heavy atom. The predicted molar refractivity (Wildman–Crippen MR) is 87.9 cm³/mol. The van der Waals surface area contributed by atoms with E-state index >= 15 is 0 Å². The van der Waals surface area contributed by atoms with Crippen LogP contribution in [0.25, 0.3) is 10.9 Å². The smallest absolute Gasteiger partial charge is 0.251 e. The summed E-state index contributed by atoms with van der Waals surface area (Å²) in [4.78, 5) is 14.6. The average molecular weight is 300 g/mol. The van der Waals surface area contributed by atoms with Gasteiger partial charge < -0.3 is 10.2 Å². The first-order valence-corrected chi connectivity index (χ1v) is 8.00. The monoisotopic (exact) mass is 300 g/mol. The van der Waals surface area contributed by atoms with Crippen LogP contribution in [0, 0.1) is 5.92 Å². The summed E-state index contributed by atoms with van der Waals surface area (Å²) < 4.78 is 0. The van der Waals surface area contributed by atoms with Crippen LogP contribution in [0.4, 0.5) is 0 Å². The van der Waals surface area contributed by atoms with Crippen molar-refractivity contribution in [1.29, 1.82) is 0 Å². The second-order valence-corrected chi connectivity index (χ2v) is 6.63. The summed E-state index contributed by atoms with van der Waals surface area (Å²) in [7, 11) is 4.25. The molecule has 0 saturated heterocycles. The van der Waals surface area contributed by atoms with Gasteiger partial charge in [-0.25, -0.2) is 0 Å². The maximum Gasteiger partial charge on any atom is 0.251 e. The zero-order valence-corrected chi connectivity index (χ0v) is 13.3. The molecule has 5 heteroatoms. The summed E-state index contributed by atoms with van der Waals surface area (Å²) in [5, 5.41) is 11.0. The molecule has 1 aromatic heterocycles. The maximum absolute atomic E-state index is 12.4. The zero-order chi connectivity index (χ0) is 15.5. The first kappa shape index (κ1) is 15.0. The fourth-order valence-corrected chi connectivity index (χ4v) is 3.36. The number of rotatable bonds is 4. The number of hydrogen-bond donors (Lipinski definition) is 2. The molecule has 1 aromatic carbocycles. The molecule has 1 heterocycles. The number of hydrogen-bond acceptors (Lipinski definition) is 3. The molecule has 118 valence electrons. The number of aromatic nitrogens is 2. The molecular formula is C17H24N4O. The Labute approximate surface area is 131 Å². The third-order valence-electron chi connectivity index (χ3n) is 4.51. The molecule has 0 radical (unpaired) electrons. The van der Waals surface area contributed by atoms with Crippen LogP contribution in [0.2, 0.25) is 0 Å². The van der Waals surface area contributed by atoms with Crippen LogP contribution < -0.4 is 5.32 Å². The highest BCUT2D eigenvalue weighted by Crippen LogP contribution is 2.25. The summed E-state index contributed by atoms with van der Waals surface area (Å²) >= 11 is 0. The van der Waals surface area contributed by atoms with Gasteiger partial charge in [-0.15, -0.1) is 0 Å². The molecule has 1 amide bonds. The summed E-state index contributed by atoms with van der Waals surface area (Å²) in [5.74, 6) is 0.796. The van der Waals surface area contributed by atoms with E-state index in [9.17, 15) is 4.79 Å². The minimum atomic E-state index is 0.0270. The van der Waals surface area contributed by atoms with Crippen LogP contribution in [-0.4, -0.2) is 47.7 Å². The van der Waals surface area contributed by atoms with Gasteiger partial charge in [0.05, 0.1) is 11.7 Å². The van der Waals surface area contributed by atoms with E-state index in [-0.39, 0.29) is 5.91 Å². The molecule has 2 aromatic rings. The zero-order valence-electron chi connectivity index (χ0n) is 13.3. The molecule has 0 atom stereocenters. The van der Waals surface area contributed by atoms with Crippen molar-refractivity contribution in [2.24, 2.45) is 5.92 Å². The quantitative estimate of drug-likeness (QED) is 0.911. The van der Waals surface area contributed by atoms with Gasteiger partial charge in [0.15, 0.2) is 0 Å². The fraction of sp³-hybridized carbons (Fsp3) is 0.529. The number of carbonyl (C=O) groups excluding carboxylic acids is 1. The van der Waals surface area contributed by atoms with Crippen molar-refractivity contribution in [3.8, 4) is 0 Å². The Hall–Kier alpha value is -1.88. The highest BCUT2D eigenvalue weighted by atomic mass is 16.1. The first-order chi connectivity index (χ1) is 10.6. The van der Waals surface area contributed by atoms with Crippen LogP contribution in [-0.2, 0) is 0 Å². The van der Waals surface area contributed by atoms with E-state index in [1.165, 1.54) is 12.8 Å². The molecule has 1 fully saturated rings. The second-order valence-electron chi connectivity index (χ2n) is 6.63. The van der Waals surface area contributed by atoms with Gasteiger partial charge in [0.1, 0.15) is 0 Å². The van der Waals surface area contributed by atoms with E-state index < -0.39 is 0 Å². The lowest BCUT2D eigenvalue weighted by Crippen LogP contribution is -2.39. The SMILES string of the molecule is CN(C)CC1CCC(NC(=O)c2ccc3[nH]ncc3c2)CC1. The summed E-state index contributed by atoms with van der Waals surface area (Å²) in [6.07, 6.45) is 6.31. The van der Waals surface area contributed by atoms with E-state index in [0.717, 1.165) is 36.2 Å². The standard InChI is InChI=1S/C17H24N4O/c1-21(2)11-12-3-6-15(7-4-12)19-17(22)13-5-8-16-14(9-13)10-18-20-16/h5,8-10,12,15H,3-4,6-7,11H2,1-2H3,(H,18,20)(H,19,22). The highest BCUT2D eigenvalue weighted by molar-refractivity contribution is 5.97. The van der Waals surface area contributed by atoms with Crippen LogP contribution in [0.15, 0.2) is 24.4 Å². The third kappa shape index (κ3) is 3.47. The molecule has 22 heavy (non-hydrogen) atoms. The van der Waals surface area contributed by atoms with Crippen LogP contribution in [0.5, 0.6) is 0 Å². The van der Waals surface area contributed by atoms with E-state index in [1.54, 1.807) is 6.20 Å². The topological polar surface area (TPSA) is 61.0 Å². The molecule has 1 saturated carbocycles. The molecular weight excluding hydrogens is 276 g/mol. The van der Waals surface area contributed by atoms with Crippen LogP contribution in [0.3, 0.4) is 0 Å². The largest absolute Gasteiger partial charge is 0.349 e. The van der Waals surface area contributed by atoms with Gasteiger partial charge in [-0.2, -0.15) is 5.10 Å². The number of carbonyl (C=O) groups is 1. The molecule has 0 bridgehead atoms. The van der Waals surface area contributed by atoms with Gasteiger partial charge >= 0.3 is 0 Å². The van der Waals surface area contributed by atoms with Gasteiger partial charge in [-0.05, 0) is 63.9 Å². The van der Waals surface area contributed by atoms with Crippen molar-refractivity contribution in [1.82, 2.24) is 20.4 Å². The number of fused-ring (bicyclic) bond motifs is 1. The van der Waals surface area contributed by atoms with Gasteiger partial charge in [-0.1, -0.05) is 0 Å². The van der Waals surface area contributed by atoms with E-state index in [1.807, 2.05) is 18.2 Å². The van der Waals surface area contributed by atoms with Crippen molar-refractivity contribution in [2.75, 3.05) is 20.6 Å². The molecule has 0 spiro atoms. The number of nitrogens with zero attached hydrogens (tertiary/aromatic N) is 2. The molecule has 0 unspecified atom stereocenters. The Morgan fingerprint density at radius 3 is 2.82 bits per heavy atom. The Kier molecular flexibility index (Phi) is 4.43. The molecule has 3 rings (SSSR count). The lowest BCUT2D eigenvalue weighted by molar-refractivity contribution is 0.0919. The number of amides is 1. The van der Waals surface area contributed by atoms with Crippen LogP contribution >= 0.6 is 0 Å². The number of H-pyrrole nitrogens is 1. The maximum atomic E-state index is 12.4. The number of aromatic amines is 1. The van der Waals surface area contributed by atoms with Crippen molar-refractivity contribution >= 4 is 16.8 Å². The fourth-order valence-electron chi connectivity index (χ4n) is 3.36. The van der Waals surface area contributed by atoms with Crippen molar-refractivity contribution in [2.45, 2.75) is 31.7 Å². The van der Waals surface area contributed by atoms with Gasteiger partial charge in [0.2, 0.25) is 0 Å². The summed E-state index contributed by atoms with van der Waals surface area (Å²) in [5.41, 5.74) is 1.67. The molecule has 0 aliphatic heterocycles. The van der Waals surface area contributed by atoms with Gasteiger partial charge in [0, 0.05) is 23.5 Å². The number of benzene rings is 1. The van der Waals surface area contributed by atoms with Gasteiger partial charge in [0.25, 0.3) is 5.91 Å². The lowest BCUT2D eigenvalue weighted by atomic mass is 9.85. The molecule has 1 aliphatic carbocycles. The predicted octanol–water partition coefficient (Wildman–Crippen LogP) is 2.41. The third-order valence-corrected chi connectivity index (χ3v) is 4.51. The van der Waals surface area contributed by atoms with Crippen LogP contribution in [0.1, 0.15) is 36.0 Å². The summed E-state index contributed by atoms with van der Waals surface area (Å²) in [6, 6.07) is 5.97. The van der Waals surface area contributed by atoms with E-state index in [0.29, 0.717) is 11.6 Å². The highest BCUT2D eigenvalue weighted by Gasteiger charge is 2.23. The van der Waals surface area contributed by atoms with Gasteiger partial charge in [-0.3, -0.25) is 9.89 Å². The molecule has 1 aliphatic rings. The van der Waals surface area contributed by atoms with Crippen molar-refractivity contribution in [3.63, 3.8) is 0 Å². The Morgan fingerprint density at radius 1 is 1.32 bits per heavy atom. The first-order valence-electron chi connectivity index (χ1n) is 8.00. The minimum Gasteiger partial charge on any atom is -0.349 e. The Bertz CT molecular complexity index is 641. The normalized spacial score (nSPS) is 22.1.